The molecular weight excluding hydrogens is 280 g/mol. The Morgan fingerprint density at radius 2 is 2.37 bits per heavy atom. The lowest BCUT2D eigenvalue weighted by molar-refractivity contribution is 0.0954. The lowest BCUT2D eigenvalue weighted by Crippen LogP contribution is -2.33. The number of carbonyl (C=O) groups is 1. The Hall–Kier alpha value is -1.01. The average molecular weight is 298 g/mol. The van der Waals surface area contributed by atoms with E-state index in [9.17, 15) is 4.79 Å². The Morgan fingerprint density at radius 3 is 3.00 bits per heavy atom. The van der Waals surface area contributed by atoms with Crippen molar-refractivity contribution in [3.8, 4) is 5.75 Å². The summed E-state index contributed by atoms with van der Waals surface area (Å²) in [5.41, 5.74) is 6.86. The van der Waals surface area contributed by atoms with Gasteiger partial charge in [0.1, 0.15) is 5.75 Å². The SMILES string of the molecule is COc1ccc(C(=O)NCC2CSCCS2)cc1N. The molecule has 0 radical (unpaired) electrons. The predicted molar refractivity (Wildman–Crippen MR) is 83.3 cm³/mol. The number of hydrogen-bond acceptors (Lipinski definition) is 5. The highest BCUT2D eigenvalue weighted by molar-refractivity contribution is 8.06. The van der Waals surface area contributed by atoms with Crippen molar-refractivity contribution in [1.29, 1.82) is 0 Å². The molecule has 4 nitrogen and oxygen atoms in total. The number of anilines is 1. The van der Waals surface area contributed by atoms with Gasteiger partial charge < -0.3 is 15.8 Å². The highest BCUT2D eigenvalue weighted by Gasteiger charge is 2.16. The van der Waals surface area contributed by atoms with Crippen LogP contribution in [0.1, 0.15) is 10.4 Å². The van der Waals surface area contributed by atoms with Gasteiger partial charge in [-0.15, -0.1) is 0 Å². The molecule has 2 rings (SSSR count). The van der Waals surface area contributed by atoms with Gasteiger partial charge in [-0.25, -0.2) is 0 Å². The Labute approximate surface area is 121 Å². The maximum atomic E-state index is 12.0. The van der Waals surface area contributed by atoms with Crippen molar-refractivity contribution in [2.45, 2.75) is 5.25 Å². The van der Waals surface area contributed by atoms with Crippen molar-refractivity contribution in [2.24, 2.45) is 0 Å². The molecule has 19 heavy (non-hydrogen) atoms. The minimum absolute atomic E-state index is 0.0782. The van der Waals surface area contributed by atoms with Crippen LogP contribution in [0, 0.1) is 0 Å². The van der Waals surface area contributed by atoms with Crippen molar-refractivity contribution in [3.05, 3.63) is 23.8 Å². The summed E-state index contributed by atoms with van der Waals surface area (Å²) in [7, 11) is 1.56. The molecule has 0 aromatic heterocycles. The second kappa shape index (κ2) is 6.96. The van der Waals surface area contributed by atoms with E-state index in [1.165, 1.54) is 11.5 Å². The van der Waals surface area contributed by atoms with E-state index in [1.807, 2.05) is 23.5 Å². The van der Waals surface area contributed by atoms with E-state index >= 15 is 0 Å². The molecule has 1 aromatic carbocycles. The number of rotatable bonds is 4. The normalized spacial score (nSPS) is 18.9. The Kier molecular flexibility index (Phi) is 5.27. The van der Waals surface area contributed by atoms with Gasteiger partial charge in [0.2, 0.25) is 0 Å². The molecule has 1 heterocycles. The average Bonchev–Trinajstić information content (AvgIpc) is 2.45. The van der Waals surface area contributed by atoms with Gasteiger partial charge in [0.05, 0.1) is 12.8 Å². The molecule has 1 aliphatic heterocycles. The molecule has 0 spiro atoms. The molecule has 1 unspecified atom stereocenters. The molecule has 3 N–H and O–H groups in total. The van der Waals surface area contributed by atoms with Crippen LogP contribution in [-0.2, 0) is 0 Å². The van der Waals surface area contributed by atoms with Gasteiger partial charge in [0, 0.05) is 34.6 Å². The van der Waals surface area contributed by atoms with Crippen molar-refractivity contribution in [2.75, 3.05) is 36.6 Å². The van der Waals surface area contributed by atoms with Crippen LogP contribution in [-0.4, -0.2) is 42.1 Å². The lowest BCUT2D eigenvalue weighted by atomic mass is 10.1. The van der Waals surface area contributed by atoms with Crippen LogP contribution in [0.3, 0.4) is 0 Å². The summed E-state index contributed by atoms with van der Waals surface area (Å²) < 4.78 is 5.07. The van der Waals surface area contributed by atoms with Gasteiger partial charge in [-0.3, -0.25) is 4.79 Å². The van der Waals surface area contributed by atoms with Crippen molar-refractivity contribution in [3.63, 3.8) is 0 Å². The second-order valence-corrected chi connectivity index (χ2v) is 6.79. The summed E-state index contributed by atoms with van der Waals surface area (Å²) in [5, 5.41) is 3.48. The van der Waals surface area contributed by atoms with E-state index < -0.39 is 0 Å². The Morgan fingerprint density at radius 1 is 1.53 bits per heavy atom. The summed E-state index contributed by atoms with van der Waals surface area (Å²) in [6.07, 6.45) is 0. The first-order valence-electron chi connectivity index (χ1n) is 6.11. The topological polar surface area (TPSA) is 64.3 Å². The van der Waals surface area contributed by atoms with E-state index in [-0.39, 0.29) is 5.91 Å². The van der Waals surface area contributed by atoms with Crippen LogP contribution in [0.2, 0.25) is 0 Å². The van der Waals surface area contributed by atoms with Gasteiger partial charge in [0.25, 0.3) is 5.91 Å². The van der Waals surface area contributed by atoms with Gasteiger partial charge in [0.15, 0.2) is 0 Å². The number of ether oxygens (including phenoxy) is 1. The molecule has 1 aliphatic rings. The van der Waals surface area contributed by atoms with Crippen LogP contribution in [0.25, 0.3) is 0 Å². The number of nitrogens with two attached hydrogens (primary N) is 1. The van der Waals surface area contributed by atoms with E-state index in [0.29, 0.717) is 28.8 Å². The zero-order valence-corrected chi connectivity index (χ0v) is 12.5. The van der Waals surface area contributed by atoms with Crippen molar-refractivity contribution >= 4 is 35.1 Å². The van der Waals surface area contributed by atoms with Crippen LogP contribution in [0.4, 0.5) is 5.69 Å². The van der Waals surface area contributed by atoms with E-state index in [4.69, 9.17) is 10.5 Å². The molecule has 104 valence electrons. The summed E-state index contributed by atoms with van der Waals surface area (Å²) >= 11 is 3.88. The number of benzene rings is 1. The molecule has 1 aromatic rings. The number of carbonyl (C=O) groups excluding carboxylic acids is 1. The van der Waals surface area contributed by atoms with Gasteiger partial charge >= 0.3 is 0 Å². The van der Waals surface area contributed by atoms with Crippen LogP contribution < -0.4 is 15.8 Å². The summed E-state index contributed by atoms with van der Waals surface area (Å²) in [6, 6.07) is 5.10. The van der Waals surface area contributed by atoms with E-state index in [0.717, 1.165) is 5.75 Å². The first-order valence-corrected chi connectivity index (χ1v) is 8.32. The number of nitrogen functional groups attached to an aromatic ring is 1. The maximum absolute atomic E-state index is 12.0. The molecule has 1 fully saturated rings. The van der Waals surface area contributed by atoms with Gasteiger partial charge in [-0.2, -0.15) is 23.5 Å². The second-order valence-electron chi connectivity index (χ2n) is 4.23. The zero-order chi connectivity index (χ0) is 13.7. The summed E-state index contributed by atoms with van der Waals surface area (Å²) in [5.74, 6) is 4.00. The molecule has 6 heteroatoms. The fraction of sp³-hybridized carbons (Fsp3) is 0.462. The number of methoxy groups -OCH3 is 1. The standard InChI is InChI=1S/C13H18N2O2S2/c1-17-12-3-2-9(6-11(12)14)13(16)15-7-10-8-18-4-5-19-10/h2-3,6,10H,4-5,7-8,14H2,1H3,(H,15,16). The Balaban J connectivity index is 1.90. The molecular formula is C13H18N2O2S2. The molecule has 1 atom stereocenters. The number of nitrogens with one attached hydrogen (secondary N) is 1. The molecule has 1 amide bonds. The first-order chi connectivity index (χ1) is 9.20. The zero-order valence-electron chi connectivity index (χ0n) is 10.8. The monoisotopic (exact) mass is 298 g/mol. The quantitative estimate of drug-likeness (QED) is 0.831. The first kappa shape index (κ1) is 14.4. The van der Waals surface area contributed by atoms with E-state index in [2.05, 4.69) is 5.32 Å². The van der Waals surface area contributed by atoms with Crippen LogP contribution >= 0.6 is 23.5 Å². The largest absolute Gasteiger partial charge is 0.495 e. The highest BCUT2D eigenvalue weighted by Crippen LogP contribution is 2.24. The highest BCUT2D eigenvalue weighted by atomic mass is 32.2. The minimum Gasteiger partial charge on any atom is -0.495 e. The Bertz CT molecular complexity index is 448. The van der Waals surface area contributed by atoms with Crippen molar-refractivity contribution < 1.29 is 9.53 Å². The van der Waals surface area contributed by atoms with Gasteiger partial charge in [-0.1, -0.05) is 0 Å². The molecule has 1 saturated heterocycles. The van der Waals surface area contributed by atoms with Crippen molar-refractivity contribution in [1.82, 2.24) is 5.32 Å². The third kappa shape index (κ3) is 3.98. The fourth-order valence-electron chi connectivity index (χ4n) is 1.84. The number of amides is 1. The van der Waals surface area contributed by atoms with Crippen LogP contribution in [0.15, 0.2) is 18.2 Å². The van der Waals surface area contributed by atoms with E-state index in [1.54, 1.807) is 25.3 Å². The number of thioether (sulfide) groups is 2. The third-order valence-electron chi connectivity index (χ3n) is 2.87. The summed E-state index contributed by atoms with van der Waals surface area (Å²) in [6.45, 7) is 0.711. The summed E-state index contributed by atoms with van der Waals surface area (Å²) in [4.78, 5) is 12.0. The minimum atomic E-state index is -0.0782. The molecule has 0 bridgehead atoms. The predicted octanol–water partition coefficient (Wildman–Crippen LogP) is 1.86. The number of hydrogen-bond donors (Lipinski definition) is 2. The molecule has 0 aliphatic carbocycles. The molecule has 0 saturated carbocycles. The van der Waals surface area contributed by atoms with Gasteiger partial charge in [-0.05, 0) is 18.2 Å². The van der Waals surface area contributed by atoms with Crippen LogP contribution in [0.5, 0.6) is 5.75 Å². The third-order valence-corrected chi connectivity index (χ3v) is 5.71. The maximum Gasteiger partial charge on any atom is 0.251 e. The smallest absolute Gasteiger partial charge is 0.251 e. The fourth-order valence-corrected chi connectivity index (χ4v) is 4.45. The lowest BCUT2D eigenvalue weighted by Gasteiger charge is -2.21.